The summed E-state index contributed by atoms with van der Waals surface area (Å²) >= 11 is 3.47. The molecular weight excluding hydrogens is 414 g/mol. The lowest BCUT2D eigenvalue weighted by Crippen LogP contribution is -2.39. The van der Waals surface area contributed by atoms with Gasteiger partial charge in [0.15, 0.2) is 0 Å². The zero-order valence-corrected chi connectivity index (χ0v) is 17.6. The lowest BCUT2D eigenvalue weighted by atomic mass is 9.75. The molecule has 0 saturated heterocycles. The van der Waals surface area contributed by atoms with Gasteiger partial charge in [-0.3, -0.25) is 0 Å². The molecule has 0 heterocycles. The van der Waals surface area contributed by atoms with Crippen molar-refractivity contribution in [2.24, 2.45) is 0 Å². The molecule has 3 N–H and O–H groups in total. The van der Waals surface area contributed by atoms with Crippen molar-refractivity contribution in [2.75, 3.05) is 19.7 Å². The van der Waals surface area contributed by atoms with Crippen molar-refractivity contribution in [3.8, 4) is 0 Å². The number of aliphatic hydroxyl groups is 2. The molecule has 0 radical (unpaired) electrons. The predicted molar refractivity (Wildman–Crippen MR) is 114 cm³/mol. The van der Waals surface area contributed by atoms with E-state index in [9.17, 15) is 5.11 Å². The molecule has 2 rings (SSSR count). The zero-order chi connectivity index (χ0) is 18.1. The van der Waals surface area contributed by atoms with E-state index in [4.69, 9.17) is 5.11 Å². The minimum Gasteiger partial charge on any atom is -0.396 e. The van der Waals surface area contributed by atoms with Crippen LogP contribution in [-0.2, 0) is 5.60 Å². The molecule has 0 aliphatic carbocycles. The van der Waals surface area contributed by atoms with Gasteiger partial charge in [0, 0.05) is 23.5 Å². The Morgan fingerprint density at radius 3 is 2.27 bits per heavy atom. The van der Waals surface area contributed by atoms with Crippen LogP contribution in [0.3, 0.4) is 0 Å². The molecule has 2 aromatic carbocycles. The zero-order valence-electron chi connectivity index (χ0n) is 15.2. The molecule has 2 unspecified atom stereocenters. The first kappa shape index (κ1) is 23.1. The Hall–Kier alpha value is -0.910. The molecule has 0 aliphatic heterocycles. The summed E-state index contributed by atoms with van der Waals surface area (Å²) in [6, 6.07) is 18.2. The first-order chi connectivity index (χ1) is 12.1. The normalized spacial score (nSPS) is 14.3. The molecule has 144 valence electrons. The number of rotatable bonds is 10. The maximum Gasteiger partial charge on any atom is 0.0974 e. The summed E-state index contributed by atoms with van der Waals surface area (Å²) in [6.45, 7) is 3.78. The minimum absolute atomic E-state index is 0. The predicted octanol–water partition coefficient (Wildman–Crippen LogP) is 4.61. The average molecular weight is 443 g/mol. The summed E-state index contributed by atoms with van der Waals surface area (Å²) in [6.07, 6.45) is 2.36. The van der Waals surface area contributed by atoms with Gasteiger partial charge in [0.25, 0.3) is 0 Å². The number of hydrogen-bond donors (Lipinski definition) is 3. The Morgan fingerprint density at radius 2 is 1.69 bits per heavy atom. The van der Waals surface area contributed by atoms with Crippen LogP contribution in [0.15, 0.2) is 59.1 Å². The molecule has 0 aromatic heterocycles. The monoisotopic (exact) mass is 441 g/mol. The van der Waals surface area contributed by atoms with E-state index in [1.165, 1.54) is 0 Å². The van der Waals surface area contributed by atoms with Crippen LogP contribution in [0.25, 0.3) is 0 Å². The third-order valence-electron chi connectivity index (χ3n) is 4.77. The summed E-state index contributed by atoms with van der Waals surface area (Å²) in [5.41, 5.74) is 1.13. The summed E-state index contributed by atoms with van der Waals surface area (Å²) in [4.78, 5) is 0. The number of hydrogen-bond acceptors (Lipinski definition) is 3. The SMILES string of the molecule is CCC(O)(c1ccc(Br)cc1)C(CNCCCCO)c1ccccc1.Cl. The highest BCUT2D eigenvalue weighted by atomic mass is 79.9. The molecule has 26 heavy (non-hydrogen) atoms. The van der Waals surface area contributed by atoms with E-state index >= 15 is 0 Å². The van der Waals surface area contributed by atoms with Gasteiger partial charge in [-0.1, -0.05) is 65.3 Å². The Balaban J connectivity index is 0.00000338. The van der Waals surface area contributed by atoms with E-state index in [2.05, 4.69) is 33.4 Å². The van der Waals surface area contributed by atoms with Gasteiger partial charge >= 0.3 is 0 Å². The highest BCUT2D eigenvalue weighted by Gasteiger charge is 2.37. The molecule has 2 aromatic rings. The van der Waals surface area contributed by atoms with Crippen molar-refractivity contribution < 1.29 is 10.2 Å². The number of halogens is 2. The number of nitrogens with one attached hydrogen (secondary N) is 1. The van der Waals surface area contributed by atoms with E-state index in [0.29, 0.717) is 13.0 Å². The second-order valence-corrected chi connectivity index (χ2v) is 7.30. The molecule has 0 bridgehead atoms. The molecule has 0 amide bonds. The molecule has 0 aliphatic rings. The number of benzene rings is 2. The fourth-order valence-electron chi connectivity index (χ4n) is 3.25. The van der Waals surface area contributed by atoms with Crippen LogP contribution < -0.4 is 5.32 Å². The van der Waals surface area contributed by atoms with Crippen LogP contribution in [-0.4, -0.2) is 29.9 Å². The van der Waals surface area contributed by atoms with Crippen LogP contribution in [0.5, 0.6) is 0 Å². The summed E-state index contributed by atoms with van der Waals surface area (Å²) in [5.74, 6) is -0.0472. The van der Waals surface area contributed by atoms with Gasteiger partial charge in [-0.05, 0) is 49.1 Å². The van der Waals surface area contributed by atoms with Crippen LogP contribution in [0.2, 0.25) is 0 Å². The topological polar surface area (TPSA) is 52.5 Å². The summed E-state index contributed by atoms with van der Waals surface area (Å²) < 4.78 is 1.01. The molecule has 2 atom stereocenters. The molecule has 5 heteroatoms. The lowest BCUT2D eigenvalue weighted by molar-refractivity contribution is 0.00292. The van der Waals surface area contributed by atoms with Crippen molar-refractivity contribution in [1.82, 2.24) is 5.32 Å². The number of unbranched alkanes of at least 4 members (excludes halogenated alkanes) is 1. The Kier molecular flexibility index (Phi) is 10.4. The van der Waals surface area contributed by atoms with Crippen LogP contribution in [0, 0.1) is 0 Å². The van der Waals surface area contributed by atoms with Crippen LogP contribution in [0.1, 0.15) is 43.2 Å². The fourth-order valence-corrected chi connectivity index (χ4v) is 3.51. The molecule has 0 spiro atoms. The Bertz CT molecular complexity index is 624. The van der Waals surface area contributed by atoms with Crippen molar-refractivity contribution >= 4 is 28.3 Å². The highest BCUT2D eigenvalue weighted by molar-refractivity contribution is 9.10. The lowest BCUT2D eigenvalue weighted by Gasteiger charge is -2.37. The van der Waals surface area contributed by atoms with Gasteiger partial charge in [-0.15, -0.1) is 12.4 Å². The van der Waals surface area contributed by atoms with Gasteiger partial charge in [0.1, 0.15) is 0 Å². The summed E-state index contributed by atoms with van der Waals surface area (Å²) in [7, 11) is 0. The smallest absolute Gasteiger partial charge is 0.0974 e. The molecule has 0 fully saturated rings. The first-order valence-corrected chi connectivity index (χ1v) is 9.76. The molecular formula is C21H29BrClNO2. The van der Waals surface area contributed by atoms with E-state index in [1.807, 2.05) is 49.4 Å². The Labute approximate surface area is 171 Å². The molecule has 3 nitrogen and oxygen atoms in total. The average Bonchev–Trinajstić information content (AvgIpc) is 2.65. The quantitative estimate of drug-likeness (QED) is 0.471. The largest absolute Gasteiger partial charge is 0.396 e. The highest BCUT2D eigenvalue weighted by Crippen LogP contribution is 2.39. The maximum atomic E-state index is 11.6. The fraction of sp³-hybridized carbons (Fsp3) is 0.429. The van der Waals surface area contributed by atoms with Crippen molar-refractivity contribution in [1.29, 1.82) is 0 Å². The Morgan fingerprint density at radius 1 is 1.04 bits per heavy atom. The van der Waals surface area contributed by atoms with E-state index in [0.717, 1.165) is 35.0 Å². The van der Waals surface area contributed by atoms with Gasteiger partial charge in [-0.25, -0.2) is 0 Å². The van der Waals surface area contributed by atoms with Crippen LogP contribution in [0.4, 0.5) is 0 Å². The second-order valence-electron chi connectivity index (χ2n) is 6.38. The number of aliphatic hydroxyl groups excluding tert-OH is 1. The van der Waals surface area contributed by atoms with Crippen molar-refractivity contribution in [3.63, 3.8) is 0 Å². The van der Waals surface area contributed by atoms with E-state index in [-0.39, 0.29) is 24.9 Å². The third-order valence-corrected chi connectivity index (χ3v) is 5.30. The standard InChI is InChI=1S/C21H28BrNO2.ClH/c1-2-21(25,18-10-12-19(22)13-11-18)20(16-23-14-6-7-15-24)17-8-4-3-5-9-17;/h3-5,8-13,20,23-25H,2,6-7,14-16H2,1H3;1H. The van der Waals surface area contributed by atoms with E-state index < -0.39 is 5.60 Å². The third kappa shape index (κ3) is 6.07. The van der Waals surface area contributed by atoms with Gasteiger partial charge in [0.05, 0.1) is 5.60 Å². The molecule has 0 saturated carbocycles. The van der Waals surface area contributed by atoms with E-state index in [1.54, 1.807) is 0 Å². The van der Waals surface area contributed by atoms with Gasteiger partial charge < -0.3 is 15.5 Å². The second kappa shape index (κ2) is 11.7. The van der Waals surface area contributed by atoms with Crippen molar-refractivity contribution in [2.45, 2.75) is 37.7 Å². The van der Waals surface area contributed by atoms with Gasteiger partial charge in [0.2, 0.25) is 0 Å². The van der Waals surface area contributed by atoms with Crippen molar-refractivity contribution in [3.05, 3.63) is 70.2 Å². The first-order valence-electron chi connectivity index (χ1n) is 8.96. The van der Waals surface area contributed by atoms with Gasteiger partial charge in [-0.2, -0.15) is 0 Å². The summed E-state index contributed by atoms with van der Waals surface area (Å²) in [5, 5.41) is 24.0. The minimum atomic E-state index is -0.938. The maximum absolute atomic E-state index is 11.6. The van der Waals surface area contributed by atoms with Crippen LogP contribution >= 0.6 is 28.3 Å².